The standard InChI is InChI=1S/C24H23F3N4O2/c1-12-8-17(14(3)29-19-6-7-20(24(25,26)27)30-15(19)4)23-18(9-12)21(32)13(2)22(33-23)16-10-28-31(5)11-16/h6-11,14,29H,1-5H3/t14-/m1/s1. The lowest BCUT2D eigenvalue weighted by Crippen LogP contribution is -2.14. The number of rotatable bonds is 4. The summed E-state index contributed by atoms with van der Waals surface area (Å²) in [6, 6.07) is 5.61. The van der Waals surface area contributed by atoms with Gasteiger partial charge in [-0.2, -0.15) is 18.3 Å². The first-order chi connectivity index (χ1) is 15.5. The summed E-state index contributed by atoms with van der Waals surface area (Å²) < 4.78 is 46.8. The highest BCUT2D eigenvalue weighted by atomic mass is 19.4. The number of alkyl halides is 3. The van der Waals surface area contributed by atoms with Crippen LogP contribution < -0.4 is 10.7 Å². The van der Waals surface area contributed by atoms with Crippen LogP contribution in [0.15, 0.2) is 45.9 Å². The molecule has 0 radical (unpaired) electrons. The van der Waals surface area contributed by atoms with Gasteiger partial charge in [-0.1, -0.05) is 6.07 Å². The predicted octanol–water partition coefficient (Wildman–Crippen LogP) is 5.71. The topological polar surface area (TPSA) is 73.0 Å². The second-order valence-corrected chi connectivity index (χ2v) is 8.21. The van der Waals surface area contributed by atoms with Crippen LogP contribution in [0, 0.1) is 20.8 Å². The molecule has 0 unspecified atom stereocenters. The first kappa shape index (κ1) is 22.6. The van der Waals surface area contributed by atoms with Gasteiger partial charge in [0.05, 0.1) is 34.6 Å². The van der Waals surface area contributed by atoms with Crippen molar-refractivity contribution < 1.29 is 17.6 Å². The number of nitrogens with one attached hydrogen (secondary N) is 1. The van der Waals surface area contributed by atoms with Gasteiger partial charge >= 0.3 is 6.18 Å². The van der Waals surface area contributed by atoms with Crippen molar-refractivity contribution in [2.75, 3.05) is 5.32 Å². The molecule has 4 aromatic rings. The molecule has 1 aromatic carbocycles. The van der Waals surface area contributed by atoms with Gasteiger partial charge in [0.25, 0.3) is 0 Å². The van der Waals surface area contributed by atoms with Crippen LogP contribution in [0.1, 0.15) is 41.0 Å². The lowest BCUT2D eigenvalue weighted by Gasteiger charge is -2.20. The minimum absolute atomic E-state index is 0.139. The van der Waals surface area contributed by atoms with E-state index in [-0.39, 0.29) is 17.2 Å². The molecule has 0 spiro atoms. The normalized spacial score (nSPS) is 12.8. The number of nitrogens with zero attached hydrogens (tertiary/aromatic N) is 3. The molecule has 3 aromatic heterocycles. The number of halogens is 3. The lowest BCUT2D eigenvalue weighted by atomic mass is 9.99. The van der Waals surface area contributed by atoms with Crippen molar-refractivity contribution in [2.45, 2.75) is 39.9 Å². The number of hydrogen-bond donors (Lipinski definition) is 1. The molecule has 9 heteroatoms. The van der Waals surface area contributed by atoms with Gasteiger partial charge in [0.2, 0.25) is 0 Å². The molecule has 33 heavy (non-hydrogen) atoms. The molecule has 172 valence electrons. The van der Waals surface area contributed by atoms with E-state index in [9.17, 15) is 18.0 Å². The van der Waals surface area contributed by atoms with E-state index in [0.29, 0.717) is 39.1 Å². The van der Waals surface area contributed by atoms with Crippen molar-refractivity contribution in [3.05, 3.63) is 75.0 Å². The van der Waals surface area contributed by atoms with E-state index >= 15 is 0 Å². The summed E-state index contributed by atoms with van der Waals surface area (Å²) in [7, 11) is 1.78. The molecule has 0 aliphatic rings. The van der Waals surface area contributed by atoms with Crippen LogP contribution >= 0.6 is 0 Å². The minimum atomic E-state index is -4.51. The van der Waals surface area contributed by atoms with Gasteiger partial charge in [-0.25, -0.2) is 4.98 Å². The smallest absolute Gasteiger partial charge is 0.433 e. The number of aromatic nitrogens is 3. The van der Waals surface area contributed by atoms with Crippen LogP contribution in [0.3, 0.4) is 0 Å². The maximum atomic E-state index is 13.2. The van der Waals surface area contributed by atoms with Gasteiger partial charge in [-0.05, 0) is 51.5 Å². The molecule has 4 rings (SSSR count). The van der Waals surface area contributed by atoms with Crippen molar-refractivity contribution >= 4 is 16.7 Å². The Labute approximate surface area is 188 Å². The number of fused-ring (bicyclic) bond motifs is 1. The molecule has 0 amide bonds. The summed E-state index contributed by atoms with van der Waals surface area (Å²) in [6.45, 7) is 6.97. The Morgan fingerprint density at radius 2 is 1.88 bits per heavy atom. The third kappa shape index (κ3) is 4.22. The van der Waals surface area contributed by atoms with E-state index in [2.05, 4.69) is 15.4 Å². The molecule has 1 N–H and O–H groups in total. The van der Waals surface area contributed by atoms with Crippen LogP contribution in [0.2, 0.25) is 0 Å². The third-order valence-electron chi connectivity index (χ3n) is 5.57. The predicted molar refractivity (Wildman–Crippen MR) is 120 cm³/mol. The molecular weight excluding hydrogens is 433 g/mol. The zero-order valence-electron chi connectivity index (χ0n) is 18.8. The van der Waals surface area contributed by atoms with E-state index in [4.69, 9.17) is 4.42 Å². The zero-order chi connectivity index (χ0) is 24.1. The quantitative estimate of drug-likeness (QED) is 0.426. The monoisotopic (exact) mass is 456 g/mol. The van der Waals surface area contributed by atoms with E-state index in [1.54, 1.807) is 37.1 Å². The molecule has 0 saturated heterocycles. The maximum absolute atomic E-state index is 13.2. The Kier molecular flexibility index (Phi) is 5.51. The van der Waals surface area contributed by atoms with Crippen LogP contribution in [0.4, 0.5) is 18.9 Å². The van der Waals surface area contributed by atoms with E-state index < -0.39 is 11.9 Å². The van der Waals surface area contributed by atoms with E-state index in [1.165, 1.54) is 13.0 Å². The van der Waals surface area contributed by atoms with E-state index in [0.717, 1.165) is 11.6 Å². The van der Waals surface area contributed by atoms with Crippen molar-refractivity contribution in [3.8, 4) is 11.3 Å². The molecule has 0 bridgehead atoms. The summed E-state index contributed by atoms with van der Waals surface area (Å²) >= 11 is 0. The molecule has 6 nitrogen and oxygen atoms in total. The van der Waals surface area contributed by atoms with Crippen LogP contribution in [-0.4, -0.2) is 14.8 Å². The molecule has 0 saturated carbocycles. The third-order valence-corrected chi connectivity index (χ3v) is 5.57. The number of pyridine rings is 1. The lowest BCUT2D eigenvalue weighted by molar-refractivity contribution is -0.141. The molecule has 3 heterocycles. The fourth-order valence-electron chi connectivity index (χ4n) is 3.89. The zero-order valence-corrected chi connectivity index (χ0v) is 18.8. The van der Waals surface area contributed by atoms with Crippen molar-refractivity contribution in [2.24, 2.45) is 7.05 Å². The minimum Gasteiger partial charge on any atom is -0.455 e. The van der Waals surface area contributed by atoms with E-state index in [1.807, 2.05) is 19.9 Å². The fraction of sp³-hybridized carbons (Fsp3) is 0.292. The number of anilines is 1. The van der Waals surface area contributed by atoms with Crippen molar-refractivity contribution in [1.29, 1.82) is 0 Å². The fourth-order valence-corrected chi connectivity index (χ4v) is 3.89. The molecule has 1 atom stereocenters. The van der Waals surface area contributed by atoms with Crippen LogP contribution in [0.25, 0.3) is 22.3 Å². The Hall–Kier alpha value is -3.62. The maximum Gasteiger partial charge on any atom is 0.433 e. The number of benzene rings is 1. The first-order valence-corrected chi connectivity index (χ1v) is 10.3. The second kappa shape index (κ2) is 8.06. The highest BCUT2D eigenvalue weighted by Crippen LogP contribution is 2.33. The number of hydrogen-bond acceptors (Lipinski definition) is 5. The highest BCUT2D eigenvalue weighted by Gasteiger charge is 2.32. The SMILES string of the molecule is Cc1cc([C@@H](C)Nc2ccc(C(F)(F)F)nc2C)c2oc(-c3cnn(C)c3)c(C)c(=O)c2c1. The van der Waals surface area contributed by atoms with Crippen LogP contribution in [-0.2, 0) is 13.2 Å². The first-order valence-electron chi connectivity index (χ1n) is 10.3. The summed E-state index contributed by atoms with van der Waals surface area (Å²) in [4.78, 5) is 16.9. The highest BCUT2D eigenvalue weighted by molar-refractivity contribution is 5.84. The van der Waals surface area contributed by atoms with Crippen molar-refractivity contribution in [1.82, 2.24) is 14.8 Å². The van der Waals surface area contributed by atoms with Crippen LogP contribution in [0.5, 0.6) is 0 Å². The second-order valence-electron chi connectivity index (χ2n) is 8.21. The molecule has 0 fully saturated rings. The van der Waals surface area contributed by atoms with Gasteiger partial charge in [-0.3, -0.25) is 9.48 Å². The Bertz CT molecular complexity index is 1420. The largest absolute Gasteiger partial charge is 0.455 e. The molecular formula is C24H23F3N4O2. The van der Waals surface area contributed by atoms with Crippen molar-refractivity contribution in [3.63, 3.8) is 0 Å². The number of aryl methyl sites for hydroxylation is 3. The Morgan fingerprint density at radius 1 is 1.15 bits per heavy atom. The van der Waals surface area contributed by atoms with Gasteiger partial charge in [0.1, 0.15) is 17.0 Å². The molecule has 0 aliphatic heterocycles. The summed E-state index contributed by atoms with van der Waals surface area (Å²) in [5.41, 5.74) is 2.78. The van der Waals surface area contributed by atoms with Gasteiger partial charge in [-0.15, -0.1) is 0 Å². The average molecular weight is 456 g/mol. The Morgan fingerprint density at radius 3 is 2.48 bits per heavy atom. The Balaban J connectivity index is 1.82. The summed E-state index contributed by atoms with van der Waals surface area (Å²) in [6.07, 6.45) is -1.11. The van der Waals surface area contributed by atoms with Gasteiger partial charge < -0.3 is 9.73 Å². The van der Waals surface area contributed by atoms with Gasteiger partial charge in [0.15, 0.2) is 5.43 Å². The van der Waals surface area contributed by atoms with Gasteiger partial charge in [0, 0.05) is 24.4 Å². The summed E-state index contributed by atoms with van der Waals surface area (Å²) in [5, 5.41) is 7.82. The summed E-state index contributed by atoms with van der Waals surface area (Å²) in [5.74, 6) is 0.435. The average Bonchev–Trinajstić information content (AvgIpc) is 3.17. The molecule has 0 aliphatic carbocycles.